The van der Waals surface area contributed by atoms with Crippen molar-refractivity contribution in [2.45, 2.75) is 64.8 Å². The minimum absolute atomic E-state index is 0.00591. The van der Waals surface area contributed by atoms with E-state index in [4.69, 9.17) is 4.74 Å². The van der Waals surface area contributed by atoms with Crippen LogP contribution in [0.5, 0.6) is 0 Å². The zero-order chi connectivity index (χ0) is 18.8. The van der Waals surface area contributed by atoms with Gasteiger partial charge >= 0.3 is 0 Å². The molecular weight excluding hydrogens is 328 g/mol. The molecule has 0 aromatic heterocycles. The van der Waals surface area contributed by atoms with Crippen molar-refractivity contribution >= 4 is 11.8 Å². The quantitative estimate of drug-likeness (QED) is 0.785. The predicted octanol–water partition coefficient (Wildman–Crippen LogP) is 3.01. The van der Waals surface area contributed by atoms with Gasteiger partial charge in [0.25, 0.3) is 5.91 Å². The van der Waals surface area contributed by atoms with E-state index in [0.717, 1.165) is 24.9 Å². The van der Waals surface area contributed by atoms with E-state index in [1.807, 2.05) is 54.0 Å². The lowest BCUT2D eigenvalue weighted by Gasteiger charge is -2.44. The molecule has 1 saturated carbocycles. The molecule has 2 aliphatic rings. The summed E-state index contributed by atoms with van der Waals surface area (Å²) in [5, 5.41) is 0. The van der Waals surface area contributed by atoms with Crippen LogP contribution in [0.1, 0.15) is 52.1 Å². The van der Waals surface area contributed by atoms with E-state index in [-0.39, 0.29) is 30.5 Å². The number of amides is 2. The fourth-order valence-electron chi connectivity index (χ4n) is 3.79. The minimum atomic E-state index is -0.642. The maximum absolute atomic E-state index is 13.4. The molecule has 0 spiro atoms. The van der Waals surface area contributed by atoms with Crippen LogP contribution in [0.2, 0.25) is 0 Å². The second-order valence-electron chi connectivity index (χ2n) is 8.10. The molecule has 1 heterocycles. The molecule has 1 aliphatic heterocycles. The minimum Gasteiger partial charge on any atom is -0.356 e. The number of carbonyl (C=O) groups is 2. The lowest BCUT2D eigenvalue weighted by atomic mass is 9.95. The van der Waals surface area contributed by atoms with E-state index < -0.39 is 6.10 Å². The highest BCUT2D eigenvalue weighted by Gasteiger charge is 2.46. The van der Waals surface area contributed by atoms with Crippen molar-refractivity contribution in [3.63, 3.8) is 0 Å². The Bertz CT molecular complexity index is 640. The number of hydrogen-bond donors (Lipinski definition) is 0. The van der Waals surface area contributed by atoms with Crippen LogP contribution in [-0.2, 0) is 14.3 Å². The van der Waals surface area contributed by atoms with Crippen molar-refractivity contribution in [3.8, 4) is 0 Å². The topological polar surface area (TPSA) is 49.9 Å². The van der Waals surface area contributed by atoms with Gasteiger partial charge in [-0.25, -0.2) is 0 Å². The third-order valence-electron chi connectivity index (χ3n) is 5.03. The van der Waals surface area contributed by atoms with Crippen molar-refractivity contribution in [3.05, 3.63) is 35.9 Å². The van der Waals surface area contributed by atoms with Crippen LogP contribution < -0.4 is 0 Å². The third-order valence-corrected chi connectivity index (χ3v) is 5.03. The fraction of sp³-hybridized carbons (Fsp3) is 0.619. The monoisotopic (exact) mass is 358 g/mol. The number of benzene rings is 1. The van der Waals surface area contributed by atoms with Gasteiger partial charge in [0.15, 0.2) is 6.10 Å². The molecule has 1 aromatic carbocycles. The van der Waals surface area contributed by atoms with Gasteiger partial charge in [0.1, 0.15) is 6.61 Å². The summed E-state index contributed by atoms with van der Waals surface area (Å²) < 4.78 is 5.86. The van der Waals surface area contributed by atoms with Gasteiger partial charge in [-0.1, -0.05) is 44.2 Å². The van der Waals surface area contributed by atoms with E-state index in [0.29, 0.717) is 12.0 Å². The first-order valence-corrected chi connectivity index (χ1v) is 9.68. The van der Waals surface area contributed by atoms with Gasteiger partial charge in [-0.3, -0.25) is 9.59 Å². The van der Waals surface area contributed by atoms with E-state index in [9.17, 15) is 9.59 Å². The standard InChI is InChI=1S/C21H30N2O3/c1-14(2)12-22(17-10-11-17)21(25)20-19(16-8-6-5-7-9-16)23(15(3)4)18(24)13-26-20/h5-9,14-15,17,19-20H,10-13H2,1-4H3/t19-,20+/m1/s1. The molecule has 142 valence electrons. The lowest BCUT2D eigenvalue weighted by Crippen LogP contribution is -2.57. The highest BCUT2D eigenvalue weighted by atomic mass is 16.5. The zero-order valence-electron chi connectivity index (χ0n) is 16.2. The number of hydrogen-bond acceptors (Lipinski definition) is 3. The van der Waals surface area contributed by atoms with E-state index in [1.54, 1.807) is 0 Å². The largest absolute Gasteiger partial charge is 0.356 e. The summed E-state index contributed by atoms with van der Waals surface area (Å²) >= 11 is 0. The summed E-state index contributed by atoms with van der Waals surface area (Å²) in [5.74, 6) is 0.370. The Balaban J connectivity index is 1.94. The molecule has 0 unspecified atom stereocenters. The van der Waals surface area contributed by atoms with Crippen LogP contribution in [0, 0.1) is 5.92 Å². The molecule has 1 aliphatic carbocycles. The van der Waals surface area contributed by atoms with E-state index >= 15 is 0 Å². The summed E-state index contributed by atoms with van der Waals surface area (Å²) in [6, 6.07) is 9.75. The van der Waals surface area contributed by atoms with E-state index in [2.05, 4.69) is 13.8 Å². The second kappa shape index (κ2) is 7.78. The molecule has 1 saturated heterocycles. The average Bonchev–Trinajstić information content (AvgIpc) is 3.44. The Hall–Kier alpha value is -1.88. The van der Waals surface area contributed by atoms with Gasteiger partial charge in [0.05, 0.1) is 6.04 Å². The number of nitrogens with zero attached hydrogens (tertiary/aromatic N) is 2. The van der Waals surface area contributed by atoms with Crippen molar-refractivity contribution in [2.75, 3.05) is 13.2 Å². The fourth-order valence-corrected chi connectivity index (χ4v) is 3.79. The first-order valence-electron chi connectivity index (χ1n) is 9.68. The number of carbonyl (C=O) groups excluding carboxylic acids is 2. The Kier molecular flexibility index (Phi) is 5.66. The van der Waals surface area contributed by atoms with Crippen LogP contribution >= 0.6 is 0 Å². The average molecular weight is 358 g/mol. The van der Waals surface area contributed by atoms with Crippen LogP contribution in [-0.4, -0.2) is 53.0 Å². The Labute approximate surface area is 156 Å². The maximum atomic E-state index is 13.4. The number of rotatable bonds is 6. The van der Waals surface area contributed by atoms with Gasteiger partial charge < -0.3 is 14.5 Å². The first-order chi connectivity index (χ1) is 12.4. The van der Waals surface area contributed by atoms with Gasteiger partial charge in [0, 0.05) is 18.6 Å². The Morgan fingerprint density at radius 2 is 1.85 bits per heavy atom. The molecule has 1 aromatic rings. The van der Waals surface area contributed by atoms with Gasteiger partial charge in [-0.05, 0) is 38.2 Å². The summed E-state index contributed by atoms with van der Waals surface area (Å²) in [6.45, 7) is 8.95. The molecule has 2 fully saturated rings. The van der Waals surface area contributed by atoms with Crippen LogP contribution in [0.4, 0.5) is 0 Å². The summed E-state index contributed by atoms with van der Waals surface area (Å²) in [6.07, 6.45) is 1.49. The van der Waals surface area contributed by atoms with Crippen LogP contribution in [0.3, 0.4) is 0 Å². The number of morpholine rings is 1. The Morgan fingerprint density at radius 3 is 2.38 bits per heavy atom. The summed E-state index contributed by atoms with van der Waals surface area (Å²) in [4.78, 5) is 29.8. The molecule has 2 atom stereocenters. The smallest absolute Gasteiger partial charge is 0.254 e. The summed E-state index contributed by atoms with van der Waals surface area (Å²) in [5.41, 5.74) is 0.952. The molecule has 5 heteroatoms. The molecule has 26 heavy (non-hydrogen) atoms. The van der Waals surface area contributed by atoms with Crippen LogP contribution in [0.25, 0.3) is 0 Å². The highest BCUT2D eigenvalue weighted by molar-refractivity contribution is 5.87. The Morgan fingerprint density at radius 1 is 1.19 bits per heavy atom. The molecule has 0 bridgehead atoms. The molecule has 5 nitrogen and oxygen atoms in total. The molecule has 0 radical (unpaired) electrons. The SMILES string of the molecule is CC(C)CN(C(=O)[C@H]1OCC(=O)N(C(C)C)[C@@H]1c1ccccc1)C1CC1. The molecule has 2 amide bonds. The number of ether oxygens (including phenoxy) is 1. The predicted molar refractivity (Wildman–Crippen MR) is 100 cm³/mol. The van der Waals surface area contributed by atoms with Gasteiger partial charge in [0.2, 0.25) is 5.91 Å². The van der Waals surface area contributed by atoms with Crippen molar-refractivity contribution in [1.82, 2.24) is 9.80 Å². The summed E-state index contributed by atoms with van der Waals surface area (Å²) in [7, 11) is 0. The molecule has 3 rings (SSSR count). The maximum Gasteiger partial charge on any atom is 0.254 e. The lowest BCUT2D eigenvalue weighted by molar-refractivity contribution is -0.172. The van der Waals surface area contributed by atoms with Crippen molar-refractivity contribution < 1.29 is 14.3 Å². The highest BCUT2D eigenvalue weighted by Crippen LogP contribution is 2.35. The van der Waals surface area contributed by atoms with E-state index in [1.165, 1.54) is 0 Å². The van der Waals surface area contributed by atoms with Crippen LogP contribution in [0.15, 0.2) is 30.3 Å². The van der Waals surface area contributed by atoms with Gasteiger partial charge in [-0.2, -0.15) is 0 Å². The molecular formula is C21H30N2O3. The van der Waals surface area contributed by atoms with Crippen molar-refractivity contribution in [1.29, 1.82) is 0 Å². The third kappa shape index (κ3) is 3.93. The normalized spacial score (nSPS) is 23.6. The second-order valence-corrected chi connectivity index (χ2v) is 8.10. The first kappa shape index (κ1) is 18.9. The van der Waals surface area contributed by atoms with Crippen molar-refractivity contribution in [2.24, 2.45) is 5.92 Å². The zero-order valence-corrected chi connectivity index (χ0v) is 16.2. The molecule has 0 N–H and O–H groups in total. The van der Waals surface area contributed by atoms with Gasteiger partial charge in [-0.15, -0.1) is 0 Å².